The Hall–Kier alpha value is -1.55. The summed E-state index contributed by atoms with van der Waals surface area (Å²) in [5.41, 5.74) is 4.80. The summed E-state index contributed by atoms with van der Waals surface area (Å²) < 4.78 is 0. The number of carboxylic acids is 1. The van der Waals surface area contributed by atoms with Gasteiger partial charge in [0.2, 0.25) is 0 Å². The van der Waals surface area contributed by atoms with Gasteiger partial charge in [0, 0.05) is 5.71 Å². The van der Waals surface area contributed by atoms with E-state index >= 15 is 0 Å². The normalized spacial score (nSPS) is 21.4. The molecule has 2 rings (SSSR count). The van der Waals surface area contributed by atoms with Gasteiger partial charge in [0.05, 0.1) is 16.3 Å². The molecule has 0 bridgehead atoms. The van der Waals surface area contributed by atoms with Crippen LogP contribution < -0.4 is 5.43 Å². The lowest BCUT2D eigenvalue weighted by atomic mass is 9.89. The molecule has 5 heteroatoms. The third-order valence-electron chi connectivity index (χ3n) is 3.29. The Morgan fingerprint density at radius 2 is 2.32 bits per heavy atom. The molecule has 0 saturated heterocycles. The highest BCUT2D eigenvalue weighted by atomic mass is 35.5. The molecule has 1 saturated carbocycles. The standard InChI is InChI=1S/C14H17ClN2O2/c1-9-3-2-4-10(7-9)16-17-11-5-6-13(15)12(8-11)14(18)19/h5-6,8-9,17H,2-4,7H2,1H3,(H,18,19)/b16-10-/t9-/m0/s1. The average molecular weight is 281 g/mol. The quantitative estimate of drug-likeness (QED) is 0.822. The zero-order valence-corrected chi connectivity index (χ0v) is 11.6. The summed E-state index contributed by atoms with van der Waals surface area (Å²) in [6.07, 6.45) is 4.44. The van der Waals surface area contributed by atoms with Crippen molar-refractivity contribution in [2.75, 3.05) is 5.43 Å². The molecule has 1 aliphatic rings. The number of benzene rings is 1. The van der Waals surface area contributed by atoms with E-state index in [1.165, 1.54) is 18.9 Å². The first-order valence-corrected chi connectivity index (χ1v) is 6.78. The second-order valence-electron chi connectivity index (χ2n) is 4.99. The molecule has 0 radical (unpaired) electrons. The number of carboxylic acid groups (broad SMARTS) is 1. The van der Waals surface area contributed by atoms with Gasteiger partial charge in [-0.05, 0) is 49.8 Å². The second-order valence-corrected chi connectivity index (χ2v) is 5.40. The maximum atomic E-state index is 11.0. The monoisotopic (exact) mass is 280 g/mol. The van der Waals surface area contributed by atoms with Crippen LogP contribution in [-0.2, 0) is 0 Å². The topological polar surface area (TPSA) is 61.7 Å². The number of carbonyl (C=O) groups is 1. The molecule has 1 aliphatic carbocycles. The maximum absolute atomic E-state index is 11.0. The van der Waals surface area contributed by atoms with Crippen molar-refractivity contribution in [2.24, 2.45) is 11.0 Å². The van der Waals surface area contributed by atoms with Gasteiger partial charge >= 0.3 is 5.97 Å². The summed E-state index contributed by atoms with van der Waals surface area (Å²) in [5.74, 6) is -0.360. The minimum Gasteiger partial charge on any atom is -0.478 e. The summed E-state index contributed by atoms with van der Waals surface area (Å²) in [5, 5.41) is 13.6. The van der Waals surface area contributed by atoms with Gasteiger partial charge in [-0.15, -0.1) is 0 Å². The highest BCUT2D eigenvalue weighted by Crippen LogP contribution is 2.23. The molecule has 1 aromatic rings. The highest BCUT2D eigenvalue weighted by Gasteiger charge is 2.14. The van der Waals surface area contributed by atoms with E-state index in [2.05, 4.69) is 17.5 Å². The van der Waals surface area contributed by atoms with E-state index in [0.717, 1.165) is 18.6 Å². The molecule has 0 unspecified atom stereocenters. The maximum Gasteiger partial charge on any atom is 0.337 e. The van der Waals surface area contributed by atoms with Gasteiger partial charge in [-0.3, -0.25) is 5.43 Å². The lowest BCUT2D eigenvalue weighted by Gasteiger charge is -2.19. The summed E-state index contributed by atoms with van der Waals surface area (Å²) >= 11 is 5.81. The van der Waals surface area contributed by atoms with Crippen molar-refractivity contribution >= 4 is 29.0 Å². The van der Waals surface area contributed by atoms with E-state index in [0.29, 0.717) is 11.6 Å². The molecule has 4 nitrogen and oxygen atoms in total. The van der Waals surface area contributed by atoms with Crippen molar-refractivity contribution in [2.45, 2.75) is 32.6 Å². The molecule has 1 aromatic carbocycles. The predicted molar refractivity (Wildman–Crippen MR) is 77.1 cm³/mol. The Balaban J connectivity index is 2.09. The van der Waals surface area contributed by atoms with Crippen LogP contribution in [0.3, 0.4) is 0 Å². The van der Waals surface area contributed by atoms with Gasteiger partial charge in [0.15, 0.2) is 0 Å². The zero-order chi connectivity index (χ0) is 13.8. The molecule has 0 spiro atoms. The third kappa shape index (κ3) is 3.70. The molecule has 0 aliphatic heterocycles. The van der Waals surface area contributed by atoms with Crippen molar-refractivity contribution in [3.63, 3.8) is 0 Å². The Morgan fingerprint density at radius 3 is 3.00 bits per heavy atom. The van der Waals surface area contributed by atoms with Crippen LogP contribution in [-0.4, -0.2) is 16.8 Å². The van der Waals surface area contributed by atoms with E-state index in [-0.39, 0.29) is 10.6 Å². The molecular formula is C14H17ClN2O2. The molecule has 0 heterocycles. The largest absolute Gasteiger partial charge is 0.478 e. The van der Waals surface area contributed by atoms with Gasteiger partial charge in [-0.2, -0.15) is 5.10 Å². The number of halogens is 1. The number of rotatable bonds is 3. The van der Waals surface area contributed by atoms with Crippen molar-refractivity contribution in [3.05, 3.63) is 28.8 Å². The Morgan fingerprint density at radius 1 is 1.53 bits per heavy atom. The van der Waals surface area contributed by atoms with Crippen LogP contribution in [0.5, 0.6) is 0 Å². The number of nitrogens with zero attached hydrogens (tertiary/aromatic N) is 1. The summed E-state index contributed by atoms with van der Waals surface area (Å²) in [6.45, 7) is 2.22. The van der Waals surface area contributed by atoms with Crippen molar-refractivity contribution < 1.29 is 9.90 Å². The number of anilines is 1. The van der Waals surface area contributed by atoms with E-state index in [1.54, 1.807) is 12.1 Å². The number of hydrazone groups is 1. The Kier molecular flexibility index (Phi) is 4.43. The fourth-order valence-corrected chi connectivity index (χ4v) is 2.46. The van der Waals surface area contributed by atoms with Crippen LogP contribution in [0.15, 0.2) is 23.3 Å². The van der Waals surface area contributed by atoms with Crippen LogP contribution in [0.2, 0.25) is 5.02 Å². The molecular weight excluding hydrogens is 264 g/mol. The second kappa shape index (κ2) is 6.06. The van der Waals surface area contributed by atoms with Gasteiger partial charge in [-0.1, -0.05) is 18.5 Å². The number of aromatic carboxylic acids is 1. The molecule has 19 heavy (non-hydrogen) atoms. The van der Waals surface area contributed by atoms with Crippen LogP contribution in [0.25, 0.3) is 0 Å². The minimum atomic E-state index is -1.03. The predicted octanol–water partition coefficient (Wildman–Crippen LogP) is 4.02. The fourth-order valence-electron chi connectivity index (χ4n) is 2.26. The minimum absolute atomic E-state index is 0.0869. The fraction of sp³-hybridized carbons (Fsp3) is 0.429. The highest BCUT2D eigenvalue weighted by molar-refractivity contribution is 6.33. The van der Waals surface area contributed by atoms with E-state index in [9.17, 15) is 4.79 Å². The van der Waals surface area contributed by atoms with Gasteiger partial charge in [0.1, 0.15) is 0 Å². The first-order valence-electron chi connectivity index (χ1n) is 6.40. The lowest BCUT2D eigenvalue weighted by Crippen LogP contribution is -2.14. The molecule has 1 fully saturated rings. The lowest BCUT2D eigenvalue weighted by molar-refractivity contribution is 0.0697. The first-order chi connectivity index (χ1) is 9.06. The van der Waals surface area contributed by atoms with Crippen LogP contribution in [0.4, 0.5) is 5.69 Å². The Bertz CT molecular complexity index is 514. The van der Waals surface area contributed by atoms with E-state index in [1.807, 2.05) is 0 Å². The zero-order valence-electron chi connectivity index (χ0n) is 10.8. The van der Waals surface area contributed by atoms with Gasteiger partial charge in [-0.25, -0.2) is 4.79 Å². The smallest absolute Gasteiger partial charge is 0.337 e. The van der Waals surface area contributed by atoms with E-state index in [4.69, 9.17) is 16.7 Å². The van der Waals surface area contributed by atoms with Crippen molar-refractivity contribution in [1.82, 2.24) is 0 Å². The number of hydrogen-bond donors (Lipinski definition) is 2. The average Bonchev–Trinajstić information content (AvgIpc) is 2.37. The van der Waals surface area contributed by atoms with Crippen molar-refractivity contribution in [1.29, 1.82) is 0 Å². The SMILES string of the molecule is C[C@H]1CCC/C(=N/Nc2ccc(Cl)c(C(=O)O)c2)C1. The molecule has 2 N–H and O–H groups in total. The number of nitrogens with one attached hydrogen (secondary N) is 1. The number of hydrogen-bond acceptors (Lipinski definition) is 3. The van der Waals surface area contributed by atoms with Crippen LogP contribution >= 0.6 is 11.6 Å². The molecule has 102 valence electrons. The summed E-state index contributed by atoms with van der Waals surface area (Å²) in [6, 6.07) is 4.79. The third-order valence-corrected chi connectivity index (χ3v) is 3.62. The van der Waals surface area contributed by atoms with Crippen molar-refractivity contribution in [3.8, 4) is 0 Å². The molecule has 0 aromatic heterocycles. The molecule has 0 amide bonds. The van der Waals surface area contributed by atoms with E-state index < -0.39 is 5.97 Å². The van der Waals surface area contributed by atoms with Crippen LogP contribution in [0, 0.1) is 5.92 Å². The van der Waals surface area contributed by atoms with Gasteiger partial charge in [0.25, 0.3) is 0 Å². The summed E-state index contributed by atoms with van der Waals surface area (Å²) in [4.78, 5) is 11.0. The molecule has 1 atom stereocenters. The summed E-state index contributed by atoms with van der Waals surface area (Å²) in [7, 11) is 0. The Labute approximate surface area is 117 Å². The van der Waals surface area contributed by atoms with Gasteiger partial charge < -0.3 is 5.11 Å². The van der Waals surface area contributed by atoms with Crippen LogP contribution in [0.1, 0.15) is 43.0 Å². The first kappa shape index (κ1) is 13.9.